The van der Waals surface area contributed by atoms with E-state index in [9.17, 15) is 14.9 Å². The number of ether oxygens (including phenoxy) is 2. The summed E-state index contributed by atoms with van der Waals surface area (Å²) in [5.74, 6) is 1.16. The maximum Gasteiger partial charge on any atom is 0.280 e. The van der Waals surface area contributed by atoms with Crippen LogP contribution in [0.1, 0.15) is 59.7 Å². The Hall–Kier alpha value is -2.81. The van der Waals surface area contributed by atoms with Crippen molar-refractivity contribution >= 4 is 27.9 Å². The molecule has 8 nitrogen and oxygen atoms in total. The topological polar surface area (TPSA) is 103 Å². The van der Waals surface area contributed by atoms with Gasteiger partial charge in [-0.3, -0.25) is 14.9 Å². The summed E-state index contributed by atoms with van der Waals surface area (Å²) in [6.45, 7) is 6.80. The van der Waals surface area contributed by atoms with Gasteiger partial charge in [-0.1, -0.05) is 20.8 Å². The summed E-state index contributed by atoms with van der Waals surface area (Å²) in [5, 5.41) is 18.7. The van der Waals surface area contributed by atoms with Crippen LogP contribution < -0.4 is 20.1 Å². The van der Waals surface area contributed by atoms with Gasteiger partial charge in [0.15, 0.2) is 11.5 Å². The molecule has 0 spiro atoms. The van der Waals surface area contributed by atoms with Gasteiger partial charge in [0.2, 0.25) is 6.79 Å². The van der Waals surface area contributed by atoms with Gasteiger partial charge in [-0.15, -0.1) is 11.3 Å². The SMILES string of the molecule is CC(C)(C)[C@@H]1CCc2c(sc3c2C(=O)N[C@H](c2cc4c(cc2[N+](=O)[O-])OCO4)N3)C1. The van der Waals surface area contributed by atoms with Gasteiger partial charge in [0.25, 0.3) is 11.6 Å². The molecule has 0 saturated carbocycles. The van der Waals surface area contributed by atoms with E-state index in [4.69, 9.17) is 9.47 Å². The first-order valence-corrected chi connectivity index (χ1v) is 10.8. The summed E-state index contributed by atoms with van der Waals surface area (Å²) < 4.78 is 10.7. The number of amides is 1. The molecule has 1 aliphatic carbocycles. The van der Waals surface area contributed by atoms with Crippen molar-refractivity contribution in [2.45, 2.75) is 46.2 Å². The predicted molar refractivity (Wildman–Crippen MR) is 112 cm³/mol. The molecule has 2 aromatic rings. The maximum absolute atomic E-state index is 13.0. The third-order valence-corrected chi connectivity index (χ3v) is 7.48. The van der Waals surface area contributed by atoms with Gasteiger partial charge in [0, 0.05) is 4.88 Å². The molecule has 9 heteroatoms. The standard InChI is InChI=1S/C21H23N3O5S/c1-21(2,3)10-4-5-11-16(6-10)30-20-17(11)19(25)22-18(23-20)12-7-14-15(29-9-28-14)8-13(12)24(26)27/h7-8,10,18,23H,4-6,9H2,1-3H3,(H,22,25)/t10-,18+/m1/s1. The highest BCUT2D eigenvalue weighted by molar-refractivity contribution is 7.16. The number of fused-ring (bicyclic) bond motifs is 4. The number of anilines is 1. The monoisotopic (exact) mass is 429 g/mol. The lowest BCUT2D eigenvalue weighted by Gasteiger charge is -2.34. The Morgan fingerprint density at radius 3 is 2.63 bits per heavy atom. The van der Waals surface area contributed by atoms with Crippen LogP contribution in [-0.2, 0) is 12.8 Å². The number of hydrogen-bond acceptors (Lipinski definition) is 7. The zero-order valence-corrected chi connectivity index (χ0v) is 17.9. The summed E-state index contributed by atoms with van der Waals surface area (Å²) in [6.07, 6.45) is 2.19. The van der Waals surface area contributed by atoms with Crippen molar-refractivity contribution < 1.29 is 19.2 Å². The van der Waals surface area contributed by atoms with Crippen LogP contribution in [0.15, 0.2) is 12.1 Å². The van der Waals surface area contributed by atoms with Crippen molar-refractivity contribution in [3.63, 3.8) is 0 Å². The highest BCUT2D eigenvalue weighted by atomic mass is 32.1. The third kappa shape index (κ3) is 2.99. The summed E-state index contributed by atoms with van der Waals surface area (Å²) in [4.78, 5) is 25.5. The van der Waals surface area contributed by atoms with E-state index in [1.54, 1.807) is 17.4 Å². The number of benzene rings is 1. The molecule has 5 rings (SSSR count). The summed E-state index contributed by atoms with van der Waals surface area (Å²) in [5.41, 5.74) is 2.27. The van der Waals surface area contributed by atoms with Crippen LogP contribution in [-0.4, -0.2) is 17.6 Å². The minimum absolute atomic E-state index is 0.0249. The van der Waals surface area contributed by atoms with Crippen LogP contribution in [0, 0.1) is 21.4 Å². The molecule has 3 heterocycles. The van der Waals surface area contributed by atoms with E-state index in [2.05, 4.69) is 31.4 Å². The first-order chi connectivity index (χ1) is 14.2. The second kappa shape index (κ2) is 6.60. The zero-order valence-electron chi connectivity index (χ0n) is 17.0. The molecule has 2 N–H and O–H groups in total. The van der Waals surface area contributed by atoms with Gasteiger partial charge in [-0.25, -0.2) is 0 Å². The fourth-order valence-electron chi connectivity index (χ4n) is 4.53. The van der Waals surface area contributed by atoms with E-state index in [0.717, 1.165) is 29.8 Å². The lowest BCUT2D eigenvalue weighted by molar-refractivity contribution is -0.385. The molecule has 1 amide bonds. The molecule has 0 fully saturated rings. The van der Waals surface area contributed by atoms with E-state index in [1.165, 1.54) is 10.9 Å². The molecule has 158 valence electrons. The largest absolute Gasteiger partial charge is 0.454 e. The Kier molecular flexibility index (Phi) is 4.22. The van der Waals surface area contributed by atoms with Gasteiger partial charge in [-0.05, 0) is 42.2 Å². The number of hydrogen-bond donors (Lipinski definition) is 2. The molecule has 0 saturated heterocycles. The van der Waals surface area contributed by atoms with Crippen LogP contribution in [0.25, 0.3) is 0 Å². The fraction of sp³-hybridized carbons (Fsp3) is 0.476. The number of thiophene rings is 1. The molecule has 2 aliphatic heterocycles. The number of nitro groups is 1. The Morgan fingerprint density at radius 1 is 1.20 bits per heavy atom. The average Bonchev–Trinajstić information content (AvgIpc) is 3.29. The van der Waals surface area contributed by atoms with Crippen LogP contribution >= 0.6 is 11.3 Å². The van der Waals surface area contributed by atoms with Crippen LogP contribution in [0.5, 0.6) is 11.5 Å². The molecular formula is C21H23N3O5S. The van der Waals surface area contributed by atoms with Crippen molar-refractivity contribution in [3.8, 4) is 11.5 Å². The lowest BCUT2D eigenvalue weighted by atomic mass is 9.72. The summed E-state index contributed by atoms with van der Waals surface area (Å²) >= 11 is 1.60. The number of nitrogens with one attached hydrogen (secondary N) is 2. The van der Waals surface area contributed by atoms with E-state index < -0.39 is 11.1 Å². The molecule has 0 radical (unpaired) electrons. The van der Waals surface area contributed by atoms with Gasteiger partial charge >= 0.3 is 0 Å². The van der Waals surface area contributed by atoms with Crippen LogP contribution in [0.2, 0.25) is 0 Å². The smallest absolute Gasteiger partial charge is 0.280 e. The Labute approximate surface area is 177 Å². The summed E-state index contributed by atoms with van der Waals surface area (Å²) in [7, 11) is 0. The predicted octanol–water partition coefficient (Wildman–Crippen LogP) is 4.39. The number of nitrogens with zero attached hydrogens (tertiary/aromatic N) is 1. The fourth-order valence-corrected chi connectivity index (χ4v) is 5.88. The maximum atomic E-state index is 13.0. The quantitative estimate of drug-likeness (QED) is 0.542. The van der Waals surface area contributed by atoms with Crippen molar-refractivity contribution in [1.82, 2.24) is 5.32 Å². The first-order valence-electron chi connectivity index (χ1n) is 10.0. The highest BCUT2D eigenvalue weighted by Crippen LogP contribution is 2.47. The van der Waals surface area contributed by atoms with Crippen molar-refractivity contribution in [2.75, 3.05) is 12.1 Å². The molecule has 0 bridgehead atoms. The van der Waals surface area contributed by atoms with E-state index >= 15 is 0 Å². The minimum atomic E-state index is -0.710. The van der Waals surface area contributed by atoms with Crippen molar-refractivity contribution in [3.05, 3.63) is 43.8 Å². The molecule has 30 heavy (non-hydrogen) atoms. The van der Waals surface area contributed by atoms with E-state index in [0.29, 0.717) is 28.5 Å². The minimum Gasteiger partial charge on any atom is -0.454 e. The van der Waals surface area contributed by atoms with E-state index in [-0.39, 0.29) is 23.8 Å². The molecular weight excluding hydrogens is 406 g/mol. The van der Waals surface area contributed by atoms with Crippen LogP contribution in [0.3, 0.4) is 0 Å². The second-order valence-corrected chi connectivity index (χ2v) is 10.2. The molecule has 1 aromatic heterocycles. The van der Waals surface area contributed by atoms with Crippen molar-refractivity contribution in [2.24, 2.45) is 11.3 Å². The highest BCUT2D eigenvalue weighted by Gasteiger charge is 2.38. The lowest BCUT2D eigenvalue weighted by Crippen LogP contribution is -2.38. The summed E-state index contributed by atoms with van der Waals surface area (Å²) in [6, 6.07) is 2.93. The number of carbonyl (C=O) groups is 1. The molecule has 2 atom stereocenters. The number of rotatable bonds is 2. The van der Waals surface area contributed by atoms with Gasteiger partial charge in [-0.2, -0.15) is 0 Å². The first kappa shape index (κ1) is 19.2. The second-order valence-electron chi connectivity index (χ2n) is 9.09. The average molecular weight is 429 g/mol. The normalized spacial score (nSPS) is 22.0. The van der Waals surface area contributed by atoms with Gasteiger partial charge in [0.05, 0.1) is 22.1 Å². The van der Waals surface area contributed by atoms with Crippen LogP contribution in [0.4, 0.5) is 10.7 Å². The zero-order chi connectivity index (χ0) is 21.2. The number of nitro benzene ring substituents is 1. The van der Waals surface area contributed by atoms with Gasteiger partial charge < -0.3 is 20.1 Å². The van der Waals surface area contributed by atoms with Gasteiger partial charge in [0.1, 0.15) is 11.2 Å². The molecule has 1 aromatic carbocycles. The third-order valence-electron chi connectivity index (χ3n) is 6.30. The van der Waals surface area contributed by atoms with E-state index in [1.807, 2.05) is 0 Å². The van der Waals surface area contributed by atoms with Crippen molar-refractivity contribution in [1.29, 1.82) is 0 Å². The molecule has 3 aliphatic rings. The number of carbonyl (C=O) groups excluding carboxylic acids is 1. The Morgan fingerprint density at radius 2 is 1.93 bits per heavy atom. The molecule has 0 unspecified atom stereocenters. The Bertz CT molecular complexity index is 1070. The Balaban J connectivity index is 1.51.